The van der Waals surface area contributed by atoms with Gasteiger partial charge in [-0.15, -0.1) is 0 Å². The maximum absolute atomic E-state index is 11.8. The minimum atomic E-state index is -0.905. The van der Waals surface area contributed by atoms with E-state index in [-0.39, 0.29) is 0 Å². The molecule has 1 aromatic carbocycles. The topological polar surface area (TPSA) is 18.5 Å². The zero-order chi connectivity index (χ0) is 9.68. The molecule has 1 aromatic rings. The molecule has 2 nitrogen and oxygen atoms in total. The van der Waals surface area contributed by atoms with Crippen molar-refractivity contribution < 1.29 is 18.3 Å². The smallest absolute Gasteiger partial charge is 0.228 e. The SMILES string of the molecule is Cc1ccc(OCF)cc1OCF. The summed E-state index contributed by atoms with van der Waals surface area (Å²) in [5.74, 6) is 0.699. The molecule has 0 aromatic heterocycles. The summed E-state index contributed by atoms with van der Waals surface area (Å²) >= 11 is 0. The van der Waals surface area contributed by atoms with E-state index in [0.717, 1.165) is 5.56 Å². The van der Waals surface area contributed by atoms with Crippen molar-refractivity contribution in [3.05, 3.63) is 23.8 Å². The lowest BCUT2D eigenvalue weighted by molar-refractivity contribution is 0.181. The van der Waals surface area contributed by atoms with Gasteiger partial charge in [0.2, 0.25) is 13.7 Å². The van der Waals surface area contributed by atoms with Gasteiger partial charge in [-0.25, -0.2) is 8.78 Å². The van der Waals surface area contributed by atoms with Gasteiger partial charge < -0.3 is 9.47 Å². The largest absolute Gasteiger partial charge is 0.463 e. The summed E-state index contributed by atoms with van der Waals surface area (Å²) in [5.41, 5.74) is 0.781. The number of rotatable bonds is 4. The number of hydrogen-bond donors (Lipinski definition) is 0. The van der Waals surface area contributed by atoms with E-state index in [1.165, 1.54) is 6.07 Å². The van der Waals surface area contributed by atoms with Crippen LogP contribution in [0.3, 0.4) is 0 Å². The van der Waals surface area contributed by atoms with E-state index in [0.29, 0.717) is 11.5 Å². The maximum atomic E-state index is 11.8. The van der Waals surface area contributed by atoms with Crippen molar-refractivity contribution >= 4 is 0 Å². The van der Waals surface area contributed by atoms with Crippen LogP contribution in [0.2, 0.25) is 0 Å². The molecule has 0 aliphatic heterocycles. The van der Waals surface area contributed by atoms with Gasteiger partial charge in [-0.2, -0.15) is 0 Å². The normalized spacial score (nSPS) is 9.77. The highest BCUT2D eigenvalue weighted by Crippen LogP contribution is 2.24. The van der Waals surface area contributed by atoms with Crippen molar-refractivity contribution in [2.24, 2.45) is 0 Å². The van der Waals surface area contributed by atoms with Gasteiger partial charge in [0.1, 0.15) is 11.5 Å². The molecule has 0 aliphatic carbocycles. The first kappa shape index (κ1) is 9.77. The van der Waals surface area contributed by atoms with Crippen LogP contribution in [-0.2, 0) is 0 Å². The van der Waals surface area contributed by atoms with Crippen LogP contribution in [0.4, 0.5) is 8.78 Å². The summed E-state index contributed by atoms with van der Waals surface area (Å²) in [6.07, 6.45) is 0. The van der Waals surface area contributed by atoms with Crippen LogP contribution in [0.25, 0.3) is 0 Å². The Kier molecular flexibility index (Phi) is 3.49. The molecular formula is C9H10F2O2. The van der Waals surface area contributed by atoms with Gasteiger partial charge in [0.15, 0.2) is 0 Å². The summed E-state index contributed by atoms with van der Waals surface area (Å²) in [7, 11) is 0. The van der Waals surface area contributed by atoms with Crippen LogP contribution in [0.1, 0.15) is 5.56 Å². The molecule has 1 rings (SSSR count). The molecule has 0 aliphatic rings. The predicted octanol–water partition coefficient (Wildman–Crippen LogP) is 2.61. The molecule has 0 bridgehead atoms. The second kappa shape index (κ2) is 4.64. The van der Waals surface area contributed by atoms with Gasteiger partial charge in [0.05, 0.1) is 0 Å². The van der Waals surface area contributed by atoms with E-state index in [1.54, 1.807) is 19.1 Å². The van der Waals surface area contributed by atoms with Crippen LogP contribution >= 0.6 is 0 Å². The fraction of sp³-hybridized carbons (Fsp3) is 0.333. The van der Waals surface area contributed by atoms with Gasteiger partial charge in [0, 0.05) is 6.07 Å². The molecule has 4 heteroatoms. The van der Waals surface area contributed by atoms with Gasteiger partial charge in [-0.1, -0.05) is 6.07 Å². The zero-order valence-electron chi connectivity index (χ0n) is 7.22. The number of halogens is 2. The fourth-order valence-electron chi connectivity index (χ4n) is 0.947. The number of aryl methyl sites for hydroxylation is 1. The Morgan fingerprint density at radius 3 is 2.46 bits per heavy atom. The summed E-state index contributed by atoms with van der Waals surface area (Å²) in [6.45, 7) is -0.0394. The Morgan fingerprint density at radius 2 is 1.85 bits per heavy atom. The van der Waals surface area contributed by atoms with Gasteiger partial charge in [-0.3, -0.25) is 0 Å². The van der Waals surface area contributed by atoms with Gasteiger partial charge in [0.25, 0.3) is 0 Å². The lowest BCUT2D eigenvalue weighted by Crippen LogP contribution is -1.95. The number of hydrogen-bond acceptors (Lipinski definition) is 2. The van der Waals surface area contributed by atoms with Crippen molar-refractivity contribution in [1.82, 2.24) is 0 Å². The quantitative estimate of drug-likeness (QED) is 0.723. The molecule has 0 atom stereocenters. The van der Waals surface area contributed by atoms with Crippen molar-refractivity contribution in [3.8, 4) is 11.5 Å². The number of alkyl halides is 2. The van der Waals surface area contributed by atoms with E-state index in [1.807, 2.05) is 0 Å². The Balaban J connectivity index is 2.83. The standard InChI is InChI=1S/C9H10F2O2/c1-7-2-3-8(12-5-10)4-9(7)13-6-11/h2-4H,5-6H2,1H3. The van der Waals surface area contributed by atoms with Crippen LogP contribution in [-0.4, -0.2) is 13.7 Å². The van der Waals surface area contributed by atoms with E-state index >= 15 is 0 Å². The zero-order valence-corrected chi connectivity index (χ0v) is 7.22. The average molecular weight is 188 g/mol. The van der Waals surface area contributed by atoms with E-state index in [4.69, 9.17) is 0 Å². The summed E-state index contributed by atoms with van der Waals surface area (Å²) < 4.78 is 32.8. The summed E-state index contributed by atoms with van der Waals surface area (Å²) in [4.78, 5) is 0. The third-order valence-electron chi connectivity index (χ3n) is 1.59. The van der Waals surface area contributed by atoms with Crippen LogP contribution in [0.5, 0.6) is 11.5 Å². The van der Waals surface area contributed by atoms with Crippen LogP contribution in [0, 0.1) is 6.92 Å². The van der Waals surface area contributed by atoms with Gasteiger partial charge >= 0.3 is 0 Å². The maximum Gasteiger partial charge on any atom is 0.228 e. The summed E-state index contributed by atoms with van der Waals surface area (Å²) in [5, 5.41) is 0. The highest BCUT2D eigenvalue weighted by atomic mass is 19.1. The third-order valence-corrected chi connectivity index (χ3v) is 1.59. The first-order valence-corrected chi connectivity index (χ1v) is 3.76. The molecular weight excluding hydrogens is 178 g/mol. The predicted molar refractivity (Wildman–Crippen MR) is 44.4 cm³/mol. The lowest BCUT2D eigenvalue weighted by Gasteiger charge is -2.07. The highest BCUT2D eigenvalue weighted by molar-refractivity contribution is 5.39. The lowest BCUT2D eigenvalue weighted by atomic mass is 10.2. The molecule has 0 fully saturated rings. The first-order valence-electron chi connectivity index (χ1n) is 3.76. The van der Waals surface area contributed by atoms with E-state index in [2.05, 4.69) is 9.47 Å². The Hall–Kier alpha value is -1.32. The Morgan fingerprint density at radius 1 is 1.15 bits per heavy atom. The molecule has 0 heterocycles. The summed E-state index contributed by atoms with van der Waals surface area (Å²) in [6, 6.07) is 4.73. The molecule has 0 saturated heterocycles. The second-order valence-electron chi connectivity index (χ2n) is 2.43. The van der Waals surface area contributed by atoms with E-state index < -0.39 is 13.7 Å². The molecule has 0 radical (unpaired) electrons. The van der Waals surface area contributed by atoms with Crippen molar-refractivity contribution in [2.75, 3.05) is 13.7 Å². The fourth-order valence-corrected chi connectivity index (χ4v) is 0.947. The first-order chi connectivity index (χ1) is 6.27. The monoisotopic (exact) mass is 188 g/mol. The molecule has 0 N–H and O–H groups in total. The molecule has 0 unspecified atom stereocenters. The molecule has 13 heavy (non-hydrogen) atoms. The van der Waals surface area contributed by atoms with Crippen molar-refractivity contribution in [3.63, 3.8) is 0 Å². The van der Waals surface area contributed by atoms with Crippen molar-refractivity contribution in [1.29, 1.82) is 0 Å². The van der Waals surface area contributed by atoms with Crippen LogP contribution in [0.15, 0.2) is 18.2 Å². The van der Waals surface area contributed by atoms with Crippen molar-refractivity contribution in [2.45, 2.75) is 6.92 Å². The molecule has 72 valence electrons. The minimum absolute atomic E-state index is 0.330. The second-order valence-corrected chi connectivity index (χ2v) is 2.43. The number of ether oxygens (including phenoxy) is 2. The van der Waals surface area contributed by atoms with Crippen LogP contribution < -0.4 is 9.47 Å². The average Bonchev–Trinajstić information content (AvgIpc) is 2.12. The number of benzene rings is 1. The van der Waals surface area contributed by atoms with Gasteiger partial charge in [-0.05, 0) is 18.6 Å². The third kappa shape index (κ3) is 2.57. The minimum Gasteiger partial charge on any atom is -0.463 e. The molecule has 0 spiro atoms. The van der Waals surface area contributed by atoms with E-state index in [9.17, 15) is 8.78 Å². The highest BCUT2D eigenvalue weighted by Gasteiger charge is 2.01. The molecule has 0 saturated carbocycles. The Labute approximate surface area is 75.1 Å². The molecule has 0 amide bonds. The Bertz CT molecular complexity index is 276.